The fourth-order valence-electron chi connectivity index (χ4n) is 7.14. The molecule has 1 nitrogen and oxygen atoms in total. The summed E-state index contributed by atoms with van der Waals surface area (Å²) in [6, 6.07) is 0. The number of epoxide rings is 1. The highest BCUT2D eigenvalue weighted by Crippen LogP contribution is 2.69. The highest BCUT2D eigenvalue weighted by Gasteiger charge is 2.67. The molecule has 4 fully saturated rings. The van der Waals surface area contributed by atoms with Crippen molar-refractivity contribution in [2.75, 3.05) is 0 Å². The lowest BCUT2D eigenvalue weighted by molar-refractivity contribution is -0.104. The van der Waals surface area contributed by atoms with Crippen LogP contribution in [0.25, 0.3) is 0 Å². The first-order valence-electron chi connectivity index (χ1n) is 8.93. The van der Waals surface area contributed by atoms with Crippen LogP contribution in [0.5, 0.6) is 0 Å². The molecule has 1 saturated heterocycles. The smallest absolute Gasteiger partial charge is 0.0898 e. The molecule has 0 bridgehead atoms. The number of allylic oxidation sites excluding steroid dienone is 2. The Morgan fingerprint density at radius 3 is 2.80 bits per heavy atom. The molecule has 0 spiro atoms. The standard InChI is InChI=1S/C19H28O/c1-18-9-4-3-5-12(18)6-7-13-14(18)8-10-19(2)15(13)11-16-17(19)20-16/h3-4,12-17H,5-11H2,1-2H3/t12-,13-,14+,15+,16-,17-,18+,19+/m1/s1. The summed E-state index contributed by atoms with van der Waals surface area (Å²) in [6.07, 6.45) is 16.3. The van der Waals surface area contributed by atoms with Crippen molar-refractivity contribution in [1.82, 2.24) is 0 Å². The maximum atomic E-state index is 5.93. The van der Waals surface area contributed by atoms with E-state index >= 15 is 0 Å². The fraction of sp³-hybridized carbons (Fsp3) is 0.895. The van der Waals surface area contributed by atoms with Gasteiger partial charge in [0.05, 0.1) is 12.2 Å². The molecular weight excluding hydrogens is 244 g/mol. The summed E-state index contributed by atoms with van der Waals surface area (Å²) in [5, 5.41) is 0. The van der Waals surface area contributed by atoms with Gasteiger partial charge in [-0.1, -0.05) is 26.0 Å². The number of hydrogen-bond donors (Lipinski definition) is 0. The second kappa shape index (κ2) is 3.72. The van der Waals surface area contributed by atoms with Crippen molar-refractivity contribution < 1.29 is 4.74 Å². The van der Waals surface area contributed by atoms with E-state index in [1.807, 2.05) is 0 Å². The van der Waals surface area contributed by atoms with E-state index in [9.17, 15) is 0 Å². The molecule has 1 aliphatic heterocycles. The topological polar surface area (TPSA) is 12.5 Å². The first-order valence-corrected chi connectivity index (χ1v) is 8.93. The van der Waals surface area contributed by atoms with Crippen LogP contribution in [0.1, 0.15) is 58.8 Å². The van der Waals surface area contributed by atoms with Crippen LogP contribution in [0.4, 0.5) is 0 Å². The van der Waals surface area contributed by atoms with Gasteiger partial charge in [-0.2, -0.15) is 0 Å². The first kappa shape index (κ1) is 12.3. The molecule has 20 heavy (non-hydrogen) atoms. The van der Waals surface area contributed by atoms with Crippen LogP contribution in [-0.2, 0) is 4.74 Å². The van der Waals surface area contributed by atoms with Crippen molar-refractivity contribution in [3.63, 3.8) is 0 Å². The van der Waals surface area contributed by atoms with Gasteiger partial charge in [-0.15, -0.1) is 0 Å². The molecule has 0 radical (unpaired) electrons. The Bertz CT molecular complexity index is 468. The third kappa shape index (κ3) is 1.34. The summed E-state index contributed by atoms with van der Waals surface area (Å²) in [7, 11) is 0. The lowest BCUT2D eigenvalue weighted by Gasteiger charge is -2.59. The summed E-state index contributed by atoms with van der Waals surface area (Å²) in [5.41, 5.74) is 1.16. The van der Waals surface area contributed by atoms with Crippen LogP contribution in [0.3, 0.4) is 0 Å². The summed E-state index contributed by atoms with van der Waals surface area (Å²) in [6.45, 7) is 5.19. The summed E-state index contributed by atoms with van der Waals surface area (Å²) >= 11 is 0. The highest BCUT2D eigenvalue weighted by molar-refractivity contribution is 5.17. The van der Waals surface area contributed by atoms with E-state index in [-0.39, 0.29) is 0 Å². The molecule has 4 aliphatic carbocycles. The van der Waals surface area contributed by atoms with Gasteiger partial charge in [0, 0.05) is 0 Å². The van der Waals surface area contributed by atoms with E-state index in [1.54, 1.807) is 0 Å². The molecule has 0 unspecified atom stereocenters. The molecule has 1 heteroatoms. The Morgan fingerprint density at radius 1 is 1.00 bits per heavy atom. The largest absolute Gasteiger partial charge is 0.369 e. The van der Waals surface area contributed by atoms with Gasteiger partial charge in [0.2, 0.25) is 0 Å². The zero-order chi connectivity index (χ0) is 13.5. The van der Waals surface area contributed by atoms with Crippen molar-refractivity contribution in [2.45, 2.75) is 71.0 Å². The van der Waals surface area contributed by atoms with Crippen molar-refractivity contribution in [3.05, 3.63) is 12.2 Å². The SMILES string of the molecule is C[C@]12CC=CC[C@@H]1CC[C@@H]1[C@@H]2CC[C@]2(C)[C@@H]3O[C@@H]3C[C@@H]12. The van der Waals surface area contributed by atoms with E-state index in [2.05, 4.69) is 26.0 Å². The zero-order valence-corrected chi connectivity index (χ0v) is 13.0. The summed E-state index contributed by atoms with van der Waals surface area (Å²) < 4.78 is 5.93. The minimum absolute atomic E-state index is 0.541. The lowest BCUT2D eigenvalue weighted by atomic mass is 9.46. The second-order valence-electron chi connectivity index (χ2n) is 8.94. The fourth-order valence-corrected chi connectivity index (χ4v) is 7.14. The minimum atomic E-state index is 0.541. The predicted octanol–water partition coefficient (Wildman–Crippen LogP) is 4.57. The number of ether oxygens (including phenoxy) is 1. The van der Waals surface area contributed by atoms with Crippen molar-refractivity contribution in [1.29, 1.82) is 0 Å². The quantitative estimate of drug-likeness (QED) is 0.465. The van der Waals surface area contributed by atoms with Gasteiger partial charge in [0.15, 0.2) is 0 Å². The third-order valence-corrected chi connectivity index (χ3v) is 8.37. The minimum Gasteiger partial charge on any atom is -0.369 e. The predicted molar refractivity (Wildman–Crippen MR) is 80.3 cm³/mol. The van der Waals surface area contributed by atoms with Crippen molar-refractivity contribution in [3.8, 4) is 0 Å². The van der Waals surface area contributed by atoms with Gasteiger partial charge >= 0.3 is 0 Å². The molecule has 5 rings (SSSR count). The average Bonchev–Trinajstić information content (AvgIpc) is 3.16. The van der Waals surface area contributed by atoms with Crippen molar-refractivity contribution in [2.24, 2.45) is 34.5 Å². The van der Waals surface area contributed by atoms with Gasteiger partial charge in [0.25, 0.3) is 0 Å². The monoisotopic (exact) mass is 272 g/mol. The van der Waals surface area contributed by atoms with E-state index < -0.39 is 0 Å². The van der Waals surface area contributed by atoms with Crippen molar-refractivity contribution >= 4 is 0 Å². The van der Waals surface area contributed by atoms with Crippen LogP contribution in [0, 0.1) is 34.5 Å². The Balaban J connectivity index is 1.50. The Hall–Kier alpha value is -0.300. The van der Waals surface area contributed by atoms with Crippen LogP contribution in [0.2, 0.25) is 0 Å². The lowest BCUT2D eigenvalue weighted by Crippen LogP contribution is -2.52. The number of rotatable bonds is 0. The molecule has 0 aromatic carbocycles. The second-order valence-corrected chi connectivity index (χ2v) is 8.94. The molecule has 5 aliphatic rings. The normalized spacial score (nSPS) is 63.1. The Kier molecular flexibility index (Phi) is 2.28. The molecule has 0 N–H and O–H groups in total. The number of hydrogen-bond acceptors (Lipinski definition) is 1. The molecule has 0 aromatic heterocycles. The molecule has 0 amide bonds. The van der Waals surface area contributed by atoms with E-state index in [4.69, 9.17) is 4.74 Å². The van der Waals surface area contributed by atoms with E-state index in [0.29, 0.717) is 23.0 Å². The maximum Gasteiger partial charge on any atom is 0.0898 e. The Morgan fingerprint density at radius 2 is 1.90 bits per heavy atom. The molecular formula is C19H28O. The zero-order valence-electron chi connectivity index (χ0n) is 13.0. The summed E-state index contributed by atoms with van der Waals surface area (Å²) in [4.78, 5) is 0. The molecule has 110 valence electrons. The van der Waals surface area contributed by atoms with Crippen LogP contribution >= 0.6 is 0 Å². The molecule has 0 aromatic rings. The van der Waals surface area contributed by atoms with Gasteiger partial charge < -0.3 is 4.74 Å². The third-order valence-electron chi connectivity index (χ3n) is 8.37. The first-order chi connectivity index (χ1) is 9.63. The Labute approximate surface area is 123 Å². The van der Waals surface area contributed by atoms with Gasteiger partial charge in [-0.05, 0) is 79.4 Å². The summed E-state index contributed by atoms with van der Waals surface area (Å²) in [5.74, 6) is 3.97. The van der Waals surface area contributed by atoms with E-state index in [1.165, 1.54) is 44.9 Å². The van der Waals surface area contributed by atoms with E-state index in [0.717, 1.165) is 23.7 Å². The number of fused-ring (bicyclic) bond motifs is 7. The van der Waals surface area contributed by atoms with Gasteiger partial charge in [-0.3, -0.25) is 0 Å². The van der Waals surface area contributed by atoms with Gasteiger partial charge in [0.1, 0.15) is 0 Å². The molecule has 1 heterocycles. The van der Waals surface area contributed by atoms with Crippen LogP contribution in [-0.4, -0.2) is 12.2 Å². The van der Waals surface area contributed by atoms with Gasteiger partial charge in [-0.25, -0.2) is 0 Å². The highest BCUT2D eigenvalue weighted by atomic mass is 16.6. The van der Waals surface area contributed by atoms with Crippen LogP contribution < -0.4 is 0 Å². The molecule has 3 saturated carbocycles. The van der Waals surface area contributed by atoms with Crippen LogP contribution in [0.15, 0.2) is 12.2 Å². The molecule has 8 atom stereocenters. The maximum absolute atomic E-state index is 5.93. The average molecular weight is 272 g/mol.